The molecular weight excluding hydrogens is 364 g/mol. The molecule has 4 rings (SSSR count). The van der Waals surface area contributed by atoms with Gasteiger partial charge < -0.3 is 14.5 Å². The number of nitrogens with zero attached hydrogens (tertiary/aromatic N) is 2. The number of carbonyl (C=O) groups excluding carboxylic acids is 1. The maximum atomic E-state index is 13.1. The molecule has 0 aromatic heterocycles. The number of hydrazine groups is 1. The van der Waals surface area contributed by atoms with Gasteiger partial charge in [0.2, 0.25) is 5.91 Å². The van der Waals surface area contributed by atoms with Crippen LogP contribution in [0.5, 0.6) is 5.75 Å². The molecule has 0 saturated carbocycles. The van der Waals surface area contributed by atoms with E-state index < -0.39 is 0 Å². The predicted molar refractivity (Wildman–Crippen MR) is 115 cm³/mol. The van der Waals surface area contributed by atoms with Gasteiger partial charge in [-0.2, -0.15) is 0 Å². The molecule has 0 spiro atoms. The number of ether oxygens (including phenoxy) is 1. The second kappa shape index (κ2) is 8.43. The standard InChI is InChI=1S/C23H30N4O2/c1-16-5-4-6-19(13-16)27-12-11-26(15-17(27)2)23(28)22-14-21(24-25-22)18-7-9-20(29-3)10-8-18/h4-10,13,17,21-22,24-25H,11-12,14-15H2,1-3H3. The highest BCUT2D eigenvalue weighted by molar-refractivity contribution is 5.82. The van der Waals surface area contributed by atoms with Crippen LogP contribution in [0, 0.1) is 6.92 Å². The van der Waals surface area contributed by atoms with Gasteiger partial charge in [-0.05, 0) is 55.7 Å². The number of hydrogen-bond donors (Lipinski definition) is 2. The summed E-state index contributed by atoms with van der Waals surface area (Å²) in [4.78, 5) is 17.5. The molecule has 2 N–H and O–H groups in total. The average Bonchev–Trinajstić information content (AvgIpc) is 3.23. The molecule has 0 bridgehead atoms. The van der Waals surface area contributed by atoms with Crippen molar-refractivity contribution >= 4 is 11.6 Å². The number of carbonyl (C=O) groups is 1. The first-order valence-corrected chi connectivity index (χ1v) is 10.3. The van der Waals surface area contributed by atoms with Crippen LogP contribution in [0.4, 0.5) is 5.69 Å². The summed E-state index contributed by atoms with van der Waals surface area (Å²) in [5, 5.41) is 0. The number of methoxy groups -OCH3 is 1. The van der Waals surface area contributed by atoms with Gasteiger partial charge in [0.05, 0.1) is 7.11 Å². The van der Waals surface area contributed by atoms with E-state index in [1.165, 1.54) is 11.3 Å². The molecular formula is C23H30N4O2. The Morgan fingerprint density at radius 2 is 1.90 bits per heavy atom. The van der Waals surface area contributed by atoms with Crippen molar-refractivity contribution in [1.82, 2.24) is 15.8 Å². The summed E-state index contributed by atoms with van der Waals surface area (Å²) in [6, 6.07) is 16.8. The van der Waals surface area contributed by atoms with Crippen LogP contribution in [-0.4, -0.2) is 49.6 Å². The third-order valence-electron chi connectivity index (χ3n) is 5.99. The molecule has 154 valence electrons. The topological polar surface area (TPSA) is 56.8 Å². The number of amides is 1. The van der Waals surface area contributed by atoms with Crippen LogP contribution in [-0.2, 0) is 4.79 Å². The van der Waals surface area contributed by atoms with E-state index in [1.807, 2.05) is 29.2 Å². The van der Waals surface area contributed by atoms with Crippen LogP contribution >= 0.6 is 0 Å². The molecule has 2 saturated heterocycles. The van der Waals surface area contributed by atoms with E-state index in [0.717, 1.165) is 37.4 Å². The summed E-state index contributed by atoms with van der Waals surface area (Å²) in [6.07, 6.45) is 0.748. The van der Waals surface area contributed by atoms with Crippen LogP contribution in [0.1, 0.15) is 30.5 Å². The highest BCUT2D eigenvalue weighted by Crippen LogP contribution is 2.26. The second-order valence-electron chi connectivity index (χ2n) is 8.07. The monoisotopic (exact) mass is 394 g/mol. The lowest BCUT2D eigenvalue weighted by atomic mass is 10.0. The molecule has 0 aliphatic carbocycles. The molecule has 6 nitrogen and oxygen atoms in total. The van der Waals surface area contributed by atoms with Crippen molar-refractivity contribution in [2.24, 2.45) is 0 Å². The van der Waals surface area contributed by atoms with Crippen molar-refractivity contribution in [2.75, 3.05) is 31.6 Å². The molecule has 2 fully saturated rings. The Kier molecular flexibility index (Phi) is 5.74. The van der Waals surface area contributed by atoms with E-state index in [1.54, 1.807) is 7.11 Å². The van der Waals surface area contributed by atoms with E-state index in [0.29, 0.717) is 6.04 Å². The van der Waals surface area contributed by atoms with Gasteiger partial charge in [0, 0.05) is 37.4 Å². The Morgan fingerprint density at radius 3 is 2.59 bits per heavy atom. The lowest BCUT2D eigenvalue weighted by molar-refractivity contribution is -0.134. The number of rotatable bonds is 4. The third-order valence-corrected chi connectivity index (χ3v) is 5.99. The van der Waals surface area contributed by atoms with Crippen molar-refractivity contribution in [1.29, 1.82) is 0 Å². The summed E-state index contributed by atoms with van der Waals surface area (Å²) < 4.78 is 5.23. The van der Waals surface area contributed by atoms with Crippen LogP contribution in [0.2, 0.25) is 0 Å². The summed E-state index contributed by atoms with van der Waals surface area (Å²) in [5.41, 5.74) is 10.2. The first-order chi connectivity index (χ1) is 14.0. The van der Waals surface area contributed by atoms with E-state index in [-0.39, 0.29) is 18.0 Å². The van der Waals surface area contributed by atoms with Gasteiger partial charge in [-0.25, -0.2) is 10.9 Å². The van der Waals surface area contributed by atoms with Gasteiger partial charge in [0.15, 0.2) is 0 Å². The van der Waals surface area contributed by atoms with E-state index in [2.05, 4.69) is 53.9 Å². The van der Waals surface area contributed by atoms with Crippen molar-refractivity contribution in [3.05, 3.63) is 59.7 Å². The second-order valence-corrected chi connectivity index (χ2v) is 8.07. The predicted octanol–water partition coefficient (Wildman–Crippen LogP) is 2.65. The maximum absolute atomic E-state index is 13.1. The number of hydrogen-bond acceptors (Lipinski definition) is 5. The minimum Gasteiger partial charge on any atom is -0.497 e. The molecule has 29 heavy (non-hydrogen) atoms. The first kappa shape index (κ1) is 19.7. The Morgan fingerprint density at radius 1 is 1.10 bits per heavy atom. The SMILES string of the molecule is COc1ccc(C2CC(C(=O)N3CCN(c4cccc(C)c4)C(C)C3)NN2)cc1. The van der Waals surface area contributed by atoms with Gasteiger partial charge in [0.25, 0.3) is 0 Å². The molecule has 1 amide bonds. The van der Waals surface area contributed by atoms with Gasteiger partial charge in [0.1, 0.15) is 11.8 Å². The zero-order chi connectivity index (χ0) is 20.4. The highest BCUT2D eigenvalue weighted by Gasteiger charge is 2.35. The Hall–Kier alpha value is -2.57. The normalized spacial score (nSPS) is 24.6. The van der Waals surface area contributed by atoms with Gasteiger partial charge in [-0.1, -0.05) is 24.3 Å². The smallest absolute Gasteiger partial charge is 0.241 e. The van der Waals surface area contributed by atoms with Crippen LogP contribution in [0.3, 0.4) is 0 Å². The first-order valence-electron chi connectivity index (χ1n) is 10.3. The van der Waals surface area contributed by atoms with E-state index in [9.17, 15) is 4.79 Å². The summed E-state index contributed by atoms with van der Waals surface area (Å²) in [6.45, 7) is 6.67. The van der Waals surface area contributed by atoms with Crippen LogP contribution in [0.15, 0.2) is 48.5 Å². The van der Waals surface area contributed by atoms with Gasteiger partial charge in [-0.15, -0.1) is 0 Å². The Bertz CT molecular complexity index is 854. The minimum atomic E-state index is -0.195. The molecule has 2 aromatic carbocycles. The molecule has 2 aromatic rings. The molecule has 3 unspecified atom stereocenters. The molecule has 2 heterocycles. The highest BCUT2D eigenvalue weighted by atomic mass is 16.5. The number of benzene rings is 2. The summed E-state index contributed by atoms with van der Waals surface area (Å²) >= 11 is 0. The van der Waals surface area contributed by atoms with Crippen LogP contribution in [0.25, 0.3) is 0 Å². The summed E-state index contributed by atoms with van der Waals surface area (Å²) in [5.74, 6) is 1.03. The average molecular weight is 395 g/mol. The summed E-state index contributed by atoms with van der Waals surface area (Å²) in [7, 11) is 1.67. The van der Waals surface area contributed by atoms with Crippen molar-refractivity contribution in [3.63, 3.8) is 0 Å². The lowest BCUT2D eigenvalue weighted by Crippen LogP contribution is -2.57. The minimum absolute atomic E-state index is 0.126. The maximum Gasteiger partial charge on any atom is 0.241 e. The molecule has 3 atom stereocenters. The fraction of sp³-hybridized carbons (Fsp3) is 0.435. The van der Waals surface area contributed by atoms with Crippen LogP contribution < -0.4 is 20.5 Å². The molecule has 2 aliphatic heterocycles. The lowest BCUT2D eigenvalue weighted by Gasteiger charge is -2.42. The largest absolute Gasteiger partial charge is 0.497 e. The van der Waals surface area contributed by atoms with Gasteiger partial charge in [-0.3, -0.25) is 4.79 Å². The number of aryl methyl sites for hydroxylation is 1. The fourth-order valence-electron chi connectivity index (χ4n) is 4.34. The van der Waals surface area contributed by atoms with Gasteiger partial charge >= 0.3 is 0 Å². The van der Waals surface area contributed by atoms with Crippen molar-refractivity contribution in [2.45, 2.75) is 38.4 Å². The number of piperazine rings is 1. The van der Waals surface area contributed by atoms with E-state index >= 15 is 0 Å². The Labute approximate surface area is 172 Å². The third kappa shape index (κ3) is 4.23. The molecule has 2 aliphatic rings. The fourth-order valence-corrected chi connectivity index (χ4v) is 4.34. The van der Waals surface area contributed by atoms with E-state index in [4.69, 9.17) is 4.74 Å². The van der Waals surface area contributed by atoms with Crippen molar-refractivity contribution < 1.29 is 9.53 Å². The zero-order valence-corrected chi connectivity index (χ0v) is 17.4. The number of anilines is 1. The Balaban J connectivity index is 1.35. The zero-order valence-electron chi connectivity index (χ0n) is 17.4. The molecule has 0 radical (unpaired) electrons. The number of nitrogens with one attached hydrogen (secondary N) is 2. The quantitative estimate of drug-likeness (QED) is 0.835. The molecule has 6 heteroatoms. The van der Waals surface area contributed by atoms with Crippen molar-refractivity contribution in [3.8, 4) is 5.75 Å².